The maximum Gasteiger partial charge on any atom is 0.335 e. The van der Waals surface area contributed by atoms with Gasteiger partial charge >= 0.3 is 5.69 Å². The Balaban J connectivity index is 1.64. The summed E-state index contributed by atoms with van der Waals surface area (Å²) in [4.78, 5) is 29.6. The van der Waals surface area contributed by atoms with E-state index >= 15 is 0 Å². The van der Waals surface area contributed by atoms with Gasteiger partial charge in [0.15, 0.2) is 5.65 Å². The van der Waals surface area contributed by atoms with Gasteiger partial charge in [0.2, 0.25) is 5.91 Å². The van der Waals surface area contributed by atoms with Crippen molar-refractivity contribution in [3.8, 4) is 5.69 Å². The molecule has 1 atom stereocenters. The first kappa shape index (κ1) is 17.4. The number of amides is 1. The number of hydrogen-bond acceptors (Lipinski definition) is 4. The Morgan fingerprint density at radius 2 is 2.11 bits per heavy atom. The standard InChI is InChI=1S/C19H19FN4O3/c20-13-5-7-14(8-6-13)24-18-16(4-1-9-21-18)23(19(24)26)12-17(25)22-11-15-3-2-10-27-15/h1,4-9,15H,2-3,10-12H2,(H,22,25)/t15-/m0/s1. The maximum absolute atomic E-state index is 13.2. The third-order valence-corrected chi connectivity index (χ3v) is 4.63. The number of hydrogen-bond donors (Lipinski definition) is 1. The zero-order valence-corrected chi connectivity index (χ0v) is 14.6. The van der Waals surface area contributed by atoms with Gasteiger partial charge < -0.3 is 10.1 Å². The number of carbonyl (C=O) groups excluding carboxylic acids is 1. The first-order chi connectivity index (χ1) is 13.1. The van der Waals surface area contributed by atoms with Crippen LogP contribution in [0.2, 0.25) is 0 Å². The normalized spacial score (nSPS) is 16.7. The number of halogens is 1. The van der Waals surface area contributed by atoms with E-state index in [1.807, 2.05) is 0 Å². The molecule has 1 aromatic carbocycles. The second kappa shape index (κ2) is 7.32. The second-order valence-electron chi connectivity index (χ2n) is 6.47. The summed E-state index contributed by atoms with van der Waals surface area (Å²) in [7, 11) is 0. The summed E-state index contributed by atoms with van der Waals surface area (Å²) < 4.78 is 21.5. The summed E-state index contributed by atoms with van der Waals surface area (Å²) in [5, 5.41) is 2.82. The minimum absolute atomic E-state index is 0.0351. The maximum atomic E-state index is 13.2. The fraction of sp³-hybridized carbons (Fsp3) is 0.316. The summed E-state index contributed by atoms with van der Waals surface area (Å²) in [6, 6.07) is 9.01. The summed E-state index contributed by atoms with van der Waals surface area (Å²) in [5.41, 5.74) is 1.05. The van der Waals surface area contributed by atoms with Crippen LogP contribution in [0.4, 0.5) is 4.39 Å². The molecular weight excluding hydrogens is 351 g/mol. The lowest BCUT2D eigenvalue weighted by atomic mass is 10.2. The molecule has 27 heavy (non-hydrogen) atoms. The number of ether oxygens (including phenoxy) is 1. The van der Waals surface area contributed by atoms with Gasteiger partial charge in [-0.1, -0.05) is 0 Å². The van der Waals surface area contributed by atoms with Gasteiger partial charge in [-0.2, -0.15) is 0 Å². The van der Waals surface area contributed by atoms with Crippen LogP contribution in [-0.4, -0.2) is 39.3 Å². The molecule has 2 aromatic heterocycles. The molecule has 7 nitrogen and oxygen atoms in total. The number of benzene rings is 1. The van der Waals surface area contributed by atoms with E-state index in [2.05, 4.69) is 10.3 Å². The first-order valence-corrected chi connectivity index (χ1v) is 8.84. The molecule has 0 bridgehead atoms. The molecule has 8 heteroatoms. The van der Waals surface area contributed by atoms with Gasteiger partial charge in [-0.3, -0.25) is 9.36 Å². The minimum atomic E-state index is -0.400. The Labute approximate surface area is 154 Å². The summed E-state index contributed by atoms with van der Waals surface area (Å²) in [5.74, 6) is -0.661. The SMILES string of the molecule is O=C(Cn1c(=O)n(-c2ccc(F)cc2)c2ncccc21)NC[C@@H]1CCCO1. The molecule has 0 aliphatic carbocycles. The Kier molecular flexibility index (Phi) is 4.72. The summed E-state index contributed by atoms with van der Waals surface area (Å²) in [6.07, 6.45) is 3.53. The van der Waals surface area contributed by atoms with Crippen LogP contribution in [0.25, 0.3) is 16.9 Å². The zero-order chi connectivity index (χ0) is 18.8. The highest BCUT2D eigenvalue weighted by atomic mass is 19.1. The van der Waals surface area contributed by atoms with Gasteiger partial charge in [-0.15, -0.1) is 0 Å². The lowest BCUT2D eigenvalue weighted by molar-refractivity contribution is -0.122. The molecule has 3 aromatic rings. The third kappa shape index (κ3) is 3.48. The van der Waals surface area contributed by atoms with Gasteiger partial charge in [0.05, 0.1) is 17.3 Å². The van der Waals surface area contributed by atoms with Crippen LogP contribution in [-0.2, 0) is 16.1 Å². The van der Waals surface area contributed by atoms with Gasteiger partial charge in [-0.05, 0) is 49.2 Å². The van der Waals surface area contributed by atoms with E-state index in [0.717, 1.165) is 19.4 Å². The van der Waals surface area contributed by atoms with Crippen LogP contribution < -0.4 is 11.0 Å². The molecule has 3 heterocycles. The largest absolute Gasteiger partial charge is 0.376 e. The summed E-state index contributed by atoms with van der Waals surface area (Å²) in [6.45, 7) is 1.03. The van der Waals surface area contributed by atoms with Crippen molar-refractivity contribution in [1.29, 1.82) is 0 Å². The van der Waals surface area contributed by atoms with Crippen LogP contribution in [0.1, 0.15) is 12.8 Å². The number of imidazole rings is 1. The first-order valence-electron chi connectivity index (χ1n) is 8.84. The van der Waals surface area contributed by atoms with E-state index in [9.17, 15) is 14.0 Å². The van der Waals surface area contributed by atoms with Crippen LogP contribution in [0.5, 0.6) is 0 Å². The quantitative estimate of drug-likeness (QED) is 0.740. The number of carbonyl (C=O) groups is 1. The highest BCUT2D eigenvalue weighted by molar-refractivity contribution is 5.80. The highest BCUT2D eigenvalue weighted by Gasteiger charge is 2.19. The van der Waals surface area contributed by atoms with Crippen molar-refractivity contribution >= 4 is 17.1 Å². The number of pyridine rings is 1. The predicted octanol–water partition coefficient (Wildman–Crippen LogP) is 1.62. The topological polar surface area (TPSA) is 78.2 Å². The fourth-order valence-electron chi connectivity index (χ4n) is 3.29. The molecule has 0 radical (unpaired) electrons. The lowest BCUT2D eigenvalue weighted by Crippen LogP contribution is -2.36. The average molecular weight is 370 g/mol. The van der Waals surface area contributed by atoms with Crippen LogP contribution in [0.15, 0.2) is 47.4 Å². The Morgan fingerprint density at radius 1 is 1.30 bits per heavy atom. The van der Waals surface area contributed by atoms with E-state index in [1.54, 1.807) is 18.3 Å². The second-order valence-corrected chi connectivity index (χ2v) is 6.47. The Bertz CT molecular complexity index is 1020. The molecule has 0 saturated carbocycles. The number of rotatable bonds is 5. The van der Waals surface area contributed by atoms with Crippen LogP contribution in [0, 0.1) is 5.82 Å². The highest BCUT2D eigenvalue weighted by Crippen LogP contribution is 2.16. The van der Waals surface area contributed by atoms with Gasteiger partial charge in [-0.25, -0.2) is 18.7 Å². The van der Waals surface area contributed by atoms with Crippen molar-refractivity contribution < 1.29 is 13.9 Å². The van der Waals surface area contributed by atoms with E-state index in [0.29, 0.717) is 23.4 Å². The van der Waals surface area contributed by atoms with Gasteiger partial charge in [0.25, 0.3) is 0 Å². The van der Waals surface area contributed by atoms with Crippen molar-refractivity contribution in [3.63, 3.8) is 0 Å². The smallest absolute Gasteiger partial charge is 0.335 e. The number of nitrogens with one attached hydrogen (secondary N) is 1. The molecule has 4 rings (SSSR count). The van der Waals surface area contributed by atoms with Crippen LogP contribution >= 0.6 is 0 Å². The van der Waals surface area contributed by atoms with E-state index < -0.39 is 11.5 Å². The summed E-state index contributed by atoms with van der Waals surface area (Å²) >= 11 is 0. The van der Waals surface area contributed by atoms with E-state index in [-0.39, 0.29) is 18.6 Å². The van der Waals surface area contributed by atoms with Gasteiger partial charge in [0, 0.05) is 19.3 Å². The van der Waals surface area contributed by atoms with Crippen molar-refractivity contribution in [2.24, 2.45) is 0 Å². The van der Waals surface area contributed by atoms with Gasteiger partial charge in [0.1, 0.15) is 12.4 Å². The molecule has 140 valence electrons. The minimum Gasteiger partial charge on any atom is -0.376 e. The van der Waals surface area contributed by atoms with E-state index in [1.165, 1.54) is 33.4 Å². The van der Waals surface area contributed by atoms with Crippen molar-refractivity contribution in [2.75, 3.05) is 13.2 Å². The number of aromatic nitrogens is 3. The predicted molar refractivity (Wildman–Crippen MR) is 97.3 cm³/mol. The Hall–Kier alpha value is -3.00. The van der Waals surface area contributed by atoms with E-state index in [4.69, 9.17) is 4.74 Å². The molecule has 1 saturated heterocycles. The Morgan fingerprint density at radius 3 is 2.85 bits per heavy atom. The molecular formula is C19H19FN4O3. The molecule has 1 aliphatic rings. The zero-order valence-electron chi connectivity index (χ0n) is 14.6. The monoisotopic (exact) mass is 370 g/mol. The molecule has 1 amide bonds. The molecule has 1 N–H and O–H groups in total. The number of nitrogens with zero attached hydrogens (tertiary/aromatic N) is 3. The third-order valence-electron chi connectivity index (χ3n) is 4.63. The number of fused-ring (bicyclic) bond motifs is 1. The van der Waals surface area contributed by atoms with Crippen molar-refractivity contribution in [3.05, 3.63) is 58.9 Å². The van der Waals surface area contributed by atoms with Crippen molar-refractivity contribution in [2.45, 2.75) is 25.5 Å². The molecule has 0 spiro atoms. The fourth-order valence-corrected chi connectivity index (χ4v) is 3.29. The molecule has 1 fully saturated rings. The molecule has 0 unspecified atom stereocenters. The van der Waals surface area contributed by atoms with Crippen LogP contribution in [0.3, 0.4) is 0 Å². The molecule has 1 aliphatic heterocycles. The lowest BCUT2D eigenvalue weighted by Gasteiger charge is -2.11. The average Bonchev–Trinajstić information content (AvgIpc) is 3.28. The van der Waals surface area contributed by atoms with Crippen molar-refractivity contribution in [1.82, 2.24) is 19.4 Å².